The molecule has 8 nitrogen and oxygen atoms in total. The van der Waals surface area contributed by atoms with Gasteiger partial charge in [0, 0.05) is 23.3 Å². The van der Waals surface area contributed by atoms with Crippen molar-refractivity contribution >= 4 is 34.9 Å². The molecule has 46 heavy (non-hydrogen) atoms. The lowest BCUT2D eigenvalue weighted by Crippen LogP contribution is -2.44. The summed E-state index contributed by atoms with van der Waals surface area (Å²) in [4.78, 5) is 51.2. The van der Waals surface area contributed by atoms with E-state index in [-0.39, 0.29) is 48.9 Å². The molecule has 0 bridgehead atoms. The first-order valence-electron chi connectivity index (χ1n) is 15.8. The standard InChI is InChI=1S/C38H40N2O6/c1-5-23(3)35-31(27-11-7-9-13-29(27)37(43)39-35)19-33(41)45-21-25-15-17-26(18-16-25)22-46-34(42)20-32-28-12-8-10-14-30(28)38(44)40-36(32)24(4)6-2/h7-20,23-24,35-36H,5-6,21-22H2,1-4H3,(H,39,43)(H,40,44)/b31-19-,32-20-/t23-,24-,35-,36?/m0/s1. The maximum absolute atomic E-state index is 12.9. The fraction of sp³-hybridized carbons (Fsp3) is 0.316. The van der Waals surface area contributed by atoms with Crippen molar-refractivity contribution in [1.82, 2.24) is 10.6 Å². The predicted octanol–water partition coefficient (Wildman–Crippen LogP) is 6.26. The van der Waals surface area contributed by atoms with Gasteiger partial charge in [0.05, 0.1) is 12.1 Å². The number of fused-ring (bicyclic) bond motifs is 2. The molecule has 0 saturated carbocycles. The lowest BCUT2D eigenvalue weighted by atomic mass is 9.82. The Morgan fingerprint density at radius 2 is 0.978 bits per heavy atom. The number of benzene rings is 3. The van der Waals surface area contributed by atoms with Crippen molar-refractivity contribution in [2.24, 2.45) is 11.8 Å². The monoisotopic (exact) mass is 620 g/mol. The van der Waals surface area contributed by atoms with Gasteiger partial charge in [0.25, 0.3) is 11.8 Å². The normalized spacial score (nSPS) is 20.2. The summed E-state index contributed by atoms with van der Waals surface area (Å²) in [6, 6.07) is 21.3. The zero-order chi connectivity index (χ0) is 32.8. The minimum atomic E-state index is -0.489. The molecule has 2 amide bonds. The van der Waals surface area contributed by atoms with E-state index in [0.717, 1.165) is 46.2 Å². The summed E-state index contributed by atoms with van der Waals surface area (Å²) >= 11 is 0. The molecule has 2 aliphatic rings. The predicted molar refractivity (Wildman–Crippen MR) is 176 cm³/mol. The first kappa shape index (κ1) is 32.4. The summed E-state index contributed by atoms with van der Waals surface area (Å²) < 4.78 is 11.2. The van der Waals surface area contributed by atoms with Crippen LogP contribution in [0.5, 0.6) is 0 Å². The van der Waals surface area contributed by atoms with Gasteiger partial charge in [-0.3, -0.25) is 9.59 Å². The van der Waals surface area contributed by atoms with E-state index in [1.165, 1.54) is 12.2 Å². The first-order chi connectivity index (χ1) is 22.2. The summed E-state index contributed by atoms with van der Waals surface area (Å²) in [6.07, 6.45) is 4.64. The summed E-state index contributed by atoms with van der Waals surface area (Å²) in [5.74, 6) is -0.994. The van der Waals surface area contributed by atoms with E-state index in [2.05, 4.69) is 24.5 Å². The fourth-order valence-corrected chi connectivity index (χ4v) is 5.88. The van der Waals surface area contributed by atoms with E-state index in [1.807, 2.05) is 62.4 Å². The number of amides is 2. The summed E-state index contributed by atoms with van der Waals surface area (Å²) in [5.41, 5.74) is 5.63. The Morgan fingerprint density at radius 1 is 0.630 bits per heavy atom. The molecule has 0 aromatic heterocycles. The highest BCUT2D eigenvalue weighted by atomic mass is 16.5. The summed E-state index contributed by atoms with van der Waals surface area (Å²) in [7, 11) is 0. The van der Waals surface area contributed by atoms with E-state index >= 15 is 0 Å². The Balaban J connectivity index is 1.21. The highest BCUT2D eigenvalue weighted by molar-refractivity contribution is 6.07. The Morgan fingerprint density at radius 3 is 1.33 bits per heavy atom. The number of hydrogen-bond donors (Lipinski definition) is 2. The molecule has 238 valence electrons. The van der Waals surface area contributed by atoms with E-state index in [9.17, 15) is 19.2 Å². The Labute approximate surface area is 269 Å². The fourth-order valence-electron chi connectivity index (χ4n) is 5.88. The molecule has 2 N–H and O–H groups in total. The van der Waals surface area contributed by atoms with Crippen LogP contribution in [0.2, 0.25) is 0 Å². The van der Waals surface area contributed by atoms with Crippen LogP contribution in [0, 0.1) is 11.8 Å². The second-order valence-corrected chi connectivity index (χ2v) is 12.0. The van der Waals surface area contributed by atoms with Crippen molar-refractivity contribution < 1.29 is 28.7 Å². The molecule has 8 heteroatoms. The minimum Gasteiger partial charge on any atom is -0.458 e. The summed E-state index contributed by atoms with van der Waals surface area (Å²) in [5, 5.41) is 6.09. The van der Waals surface area contributed by atoms with Gasteiger partial charge >= 0.3 is 11.9 Å². The van der Waals surface area contributed by atoms with Crippen LogP contribution in [0.25, 0.3) is 11.1 Å². The van der Waals surface area contributed by atoms with Gasteiger partial charge in [-0.1, -0.05) is 101 Å². The average molecular weight is 621 g/mol. The topological polar surface area (TPSA) is 111 Å². The number of carbonyl (C=O) groups is 4. The maximum atomic E-state index is 12.9. The number of rotatable bonds is 10. The van der Waals surface area contributed by atoms with Crippen molar-refractivity contribution in [2.45, 2.75) is 65.8 Å². The van der Waals surface area contributed by atoms with Crippen LogP contribution in [0.4, 0.5) is 0 Å². The van der Waals surface area contributed by atoms with Crippen LogP contribution in [-0.2, 0) is 32.3 Å². The molecule has 3 aromatic rings. The van der Waals surface area contributed by atoms with Gasteiger partial charge in [-0.05, 0) is 57.4 Å². The number of esters is 2. The number of ether oxygens (including phenoxy) is 2. The number of carbonyl (C=O) groups excluding carboxylic acids is 4. The highest BCUT2D eigenvalue weighted by Crippen LogP contribution is 2.33. The highest BCUT2D eigenvalue weighted by Gasteiger charge is 2.33. The van der Waals surface area contributed by atoms with Crippen LogP contribution in [0.15, 0.2) is 84.9 Å². The molecule has 3 aromatic carbocycles. The van der Waals surface area contributed by atoms with Crippen molar-refractivity contribution in [3.05, 3.63) is 118 Å². The van der Waals surface area contributed by atoms with Crippen LogP contribution < -0.4 is 10.6 Å². The molecule has 0 saturated heterocycles. The van der Waals surface area contributed by atoms with Gasteiger partial charge in [0.1, 0.15) is 13.2 Å². The third-order valence-corrected chi connectivity index (χ3v) is 8.97. The van der Waals surface area contributed by atoms with E-state index < -0.39 is 11.9 Å². The maximum Gasteiger partial charge on any atom is 0.331 e. The minimum absolute atomic E-state index is 0.0684. The molecule has 0 spiro atoms. The molecule has 4 atom stereocenters. The zero-order valence-electron chi connectivity index (χ0n) is 26.7. The largest absolute Gasteiger partial charge is 0.458 e. The van der Waals surface area contributed by atoms with Crippen LogP contribution in [0.1, 0.15) is 83.5 Å². The van der Waals surface area contributed by atoms with Crippen molar-refractivity contribution in [2.75, 3.05) is 0 Å². The SMILES string of the molecule is CC[C@H](C)C1NC(=O)c2ccccc2/C1=C/C(=O)OCc1ccc(COC(=O)/C=C2/c3ccccc3C(=O)N[C@H]2[C@@H](C)CC)cc1. The third-order valence-electron chi connectivity index (χ3n) is 8.97. The zero-order valence-corrected chi connectivity index (χ0v) is 26.7. The molecule has 0 radical (unpaired) electrons. The molecule has 5 rings (SSSR count). The van der Waals surface area contributed by atoms with Crippen molar-refractivity contribution in [1.29, 1.82) is 0 Å². The van der Waals surface area contributed by atoms with Gasteiger partial charge in [-0.2, -0.15) is 0 Å². The summed E-state index contributed by atoms with van der Waals surface area (Å²) in [6.45, 7) is 8.33. The molecular weight excluding hydrogens is 580 g/mol. The second-order valence-electron chi connectivity index (χ2n) is 12.0. The van der Waals surface area contributed by atoms with Crippen molar-refractivity contribution in [3.63, 3.8) is 0 Å². The molecular formula is C38H40N2O6. The van der Waals surface area contributed by atoms with Crippen LogP contribution in [0.3, 0.4) is 0 Å². The van der Waals surface area contributed by atoms with E-state index in [0.29, 0.717) is 11.1 Å². The van der Waals surface area contributed by atoms with Gasteiger partial charge in [-0.15, -0.1) is 0 Å². The first-order valence-corrected chi connectivity index (χ1v) is 15.8. The quantitative estimate of drug-likeness (QED) is 0.205. The Bertz CT molecular complexity index is 1560. The Hall–Kier alpha value is -4.98. The van der Waals surface area contributed by atoms with Crippen LogP contribution >= 0.6 is 0 Å². The Kier molecular flexibility index (Phi) is 10.2. The molecule has 2 heterocycles. The molecule has 1 unspecified atom stereocenters. The average Bonchev–Trinajstić information content (AvgIpc) is 3.08. The van der Waals surface area contributed by atoms with Gasteiger partial charge in [0.2, 0.25) is 0 Å². The number of nitrogens with one attached hydrogen (secondary N) is 2. The second kappa shape index (κ2) is 14.4. The van der Waals surface area contributed by atoms with E-state index in [1.54, 1.807) is 24.3 Å². The lowest BCUT2D eigenvalue weighted by molar-refractivity contribution is -0.139. The van der Waals surface area contributed by atoms with Gasteiger partial charge < -0.3 is 20.1 Å². The molecule has 2 aliphatic heterocycles. The van der Waals surface area contributed by atoms with Gasteiger partial charge in [0.15, 0.2) is 0 Å². The molecule has 0 fully saturated rings. The van der Waals surface area contributed by atoms with Crippen molar-refractivity contribution in [3.8, 4) is 0 Å². The smallest absolute Gasteiger partial charge is 0.331 e. The third kappa shape index (κ3) is 7.12. The van der Waals surface area contributed by atoms with E-state index in [4.69, 9.17) is 9.47 Å². The molecule has 0 aliphatic carbocycles. The van der Waals surface area contributed by atoms with Crippen LogP contribution in [-0.4, -0.2) is 35.8 Å². The number of hydrogen-bond acceptors (Lipinski definition) is 6. The lowest BCUT2D eigenvalue weighted by Gasteiger charge is -2.32. The van der Waals surface area contributed by atoms with Gasteiger partial charge in [-0.25, -0.2) is 9.59 Å².